The lowest BCUT2D eigenvalue weighted by atomic mass is 9.85. The number of hydrogen-bond donors (Lipinski definition) is 1. The molecule has 7 rings (SSSR count). The van der Waals surface area contributed by atoms with Gasteiger partial charge in [-0.1, -0.05) is 36.4 Å². The van der Waals surface area contributed by atoms with Crippen LogP contribution in [-0.2, 0) is 0 Å². The van der Waals surface area contributed by atoms with Crippen LogP contribution in [0.3, 0.4) is 0 Å². The minimum atomic E-state index is -0.102. The number of aryl methyl sites for hydroxylation is 2. The van der Waals surface area contributed by atoms with Crippen molar-refractivity contribution in [1.82, 2.24) is 45.3 Å². The number of H-pyrrole nitrogens is 1. The van der Waals surface area contributed by atoms with E-state index in [-0.39, 0.29) is 17.9 Å². The Morgan fingerprint density at radius 2 is 1.86 bits per heavy atom. The molecule has 1 saturated heterocycles. The summed E-state index contributed by atoms with van der Waals surface area (Å²) in [6, 6.07) is 19.7. The van der Waals surface area contributed by atoms with Gasteiger partial charge >= 0.3 is 0 Å². The van der Waals surface area contributed by atoms with Crippen molar-refractivity contribution in [3.05, 3.63) is 95.8 Å². The van der Waals surface area contributed by atoms with Gasteiger partial charge in [-0.25, -0.2) is 4.98 Å². The van der Waals surface area contributed by atoms with E-state index < -0.39 is 0 Å². The number of amides is 1. The lowest BCUT2D eigenvalue weighted by Crippen LogP contribution is -2.41. The van der Waals surface area contributed by atoms with E-state index in [2.05, 4.69) is 42.7 Å². The molecule has 0 radical (unpaired) electrons. The second kappa shape index (κ2) is 10.7. The zero-order valence-corrected chi connectivity index (χ0v) is 23.3. The average Bonchev–Trinajstić information content (AvgIpc) is 3.77. The third-order valence-corrected chi connectivity index (χ3v) is 7.95. The number of aromatic amines is 1. The molecule has 1 aliphatic rings. The third kappa shape index (κ3) is 4.83. The molecule has 42 heavy (non-hydrogen) atoms. The molecule has 0 aliphatic carbocycles. The van der Waals surface area contributed by atoms with E-state index >= 15 is 0 Å². The van der Waals surface area contributed by atoms with Crippen molar-refractivity contribution in [3.63, 3.8) is 0 Å². The first-order valence-corrected chi connectivity index (χ1v) is 14.0. The first-order valence-electron chi connectivity index (χ1n) is 14.0. The Balaban J connectivity index is 1.08. The summed E-state index contributed by atoms with van der Waals surface area (Å²) in [5, 5.41) is 20.0. The fraction of sp³-hybridized carbons (Fsp3) is 0.258. The van der Waals surface area contributed by atoms with Gasteiger partial charge in [0.15, 0.2) is 11.4 Å². The molecule has 1 amide bonds. The number of piperidine rings is 1. The molecular formula is C31H29N9O2. The molecule has 0 bridgehead atoms. The zero-order valence-electron chi connectivity index (χ0n) is 23.3. The number of carbonyl (C=O) groups is 1. The minimum absolute atomic E-state index is 0.0387. The Labute approximate surface area is 241 Å². The first-order chi connectivity index (χ1) is 20.5. The summed E-state index contributed by atoms with van der Waals surface area (Å²) in [4.78, 5) is 26.3. The fourth-order valence-corrected chi connectivity index (χ4v) is 5.79. The maximum absolute atomic E-state index is 13.5. The van der Waals surface area contributed by atoms with Crippen molar-refractivity contribution in [3.8, 4) is 22.6 Å². The summed E-state index contributed by atoms with van der Waals surface area (Å²) in [7, 11) is 0. The third-order valence-electron chi connectivity index (χ3n) is 7.95. The number of rotatable bonds is 6. The normalized spacial score (nSPS) is 14.9. The molecule has 5 heterocycles. The predicted octanol–water partition coefficient (Wildman–Crippen LogP) is 5.03. The highest BCUT2D eigenvalue weighted by Crippen LogP contribution is 2.34. The molecule has 0 spiro atoms. The molecule has 0 unspecified atom stereocenters. The topological polar surface area (TPSA) is 132 Å². The van der Waals surface area contributed by atoms with Gasteiger partial charge in [0.1, 0.15) is 17.3 Å². The van der Waals surface area contributed by atoms with Gasteiger partial charge in [0, 0.05) is 36.6 Å². The fourth-order valence-electron chi connectivity index (χ4n) is 5.79. The van der Waals surface area contributed by atoms with Gasteiger partial charge in [0.05, 0.1) is 5.69 Å². The highest BCUT2D eigenvalue weighted by molar-refractivity contribution is 5.93. The molecule has 1 aliphatic heterocycles. The molecule has 11 nitrogen and oxygen atoms in total. The highest BCUT2D eigenvalue weighted by Gasteiger charge is 2.32. The number of nitrogens with zero attached hydrogens (tertiary/aromatic N) is 8. The van der Waals surface area contributed by atoms with Crippen LogP contribution in [0.5, 0.6) is 0 Å². The number of oxazole rings is 1. The van der Waals surface area contributed by atoms with E-state index in [4.69, 9.17) is 9.40 Å². The quantitative estimate of drug-likeness (QED) is 0.301. The van der Waals surface area contributed by atoms with E-state index in [0.29, 0.717) is 41.6 Å². The molecule has 1 atom stereocenters. The second-order valence-electron chi connectivity index (χ2n) is 10.7. The van der Waals surface area contributed by atoms with Gasteiger partial charge in [0.2, 0.25) is 5.89 Å². The zero-order chi connectivity index (χ0) is 28.6. The Kier molecular flexibility index (Phi) is 6.54. The highest BCUT2D eigenvalue weighted by atomic mass is 16.3. The molecule has 1 N–H and O–H groups in total. The van der Waals surface area contributed by atoms with E-state index in [1.54, 1.807) is 17.1 Å². The monoisotopic (exact) mass is 559 g/mol. The van der Waals surface area contributed by atoms with Gasteiger partial charge in [-0.15, -0.1) is 10.2 Å². The Hall–Kier alpha value is -5.19. The average molecular weight is 560 g/mol. The lowest BCUT2D eigenvalue weighted by Gasteiger charge is -2.35. The number of likely N-dealkylation sites (tertiary alicyclic amines) is 1. The summed E-state index contributed by atoms with van der Waals surface area (Å²) in [6.45, 7) is 5.03. The van der Waals surface area contributed by atoms with E-state index in [1.807, 2.05) is 67.4 Å². The molecule has 6 aromatic rings. The predicted molar refractivity (Wildman–Crippen MR) is 155 cm³/mol. The van der Waals surface area contributed by atoms with E-state index in [9.17, 15) is 4.79 Å². The molecule has 2 aromatic carbocycles. The van der Waals surface area contributed by atoms with Crippen molar-refractivity contribution in [2.24, 2.45) is 5.92 Å². The van der Waals surface area contributed by atoms with Gasteiger partial charge < -0.3 is 9.32 Å². The maximum atomic E-state index is 13.5. The summed E-state index contributed by atoms with van der Waals surface area (Å²) in [6.07, 6.45) is 5.13. The van der Waals surface area contributed by atoms with Crippen LogP contribution in [0.1, 0.15) is 46.5 Å². The number of tetrazole rings is 1. The molecule has 4 aromatic heterocycles. The first kappa shape index (κ1) is 25.8. The van der Waals surface area contributed by atoms with Crippen molar-refractivity contribution in [1.29, 1.82) is 0 Å². The number of benzene rings is 2. The van der Waals surface area contributed by atoms with Gasteiger partial charge in [0.25, 0.3) is 5.91 Å². The Morgan fingerprint density at radius 1 is 1.02 bits per heavy atom. The number of carbonyl (C=O) groups excluding carboxylic acids is 1. The van der Waals surface area contributed by atoms with Gasteiger partial charge in [-0.05, 0) is 73.2 Å². The summed E-state index contributed by atoms with van der Waals surface area (Å²) >= 11 is 0. The standard InChI is InChI=1S/C31H29N9O2/c1-19-25(18-33-35-19)23-8-9-28-26(16-23)34-30(42-28)24-10-13-32-27(17-24)31(41)39-14-11-22(12-15-39)29(21-6-4-3-5-7-21)40-37-20(2)36-38-40/h3-10,13,16-18,22,29H,11-12,14-15H2,1-2H3,(H,33,35)/t29-/m0/s1. The van der Waals surface area contributed by atoms with Crippen molar-refractivity contribution >= 4 is 17.0 Å². The molecular weight excluding hydrogens is 530 g/mol. The van der Waals surface area contributed by atoms with Crippen LogP contribution < -0.4 is 0 Å². The van der Waals surface area contributed by atoms with Crippen LogP contribution in [0.15, 0.2) is 77.5 Å². The molecule has 1 fully saturated rings. The largest absolute Gasteiger partial charge is 0.436 e. The van der Waals surface area contributed by atoms with E-state index in [1.165, 1.54) is 0 Å². The van der Waals surface area contributed by atoms with Crippen LogP contribution in [0.25, 0.3) is 33.7 Å². The molecule has 210 valence electrons. The summed E-state index contributed by atoms with van der Waals surface area (Å²) < 4.78 is 6.06. The van der Waals surface area contributed by atoms with Crippen molar-refractivity contribution < 1.29 is 9.21 Å². The lowest BCUT2D eigenvalue weighted by molar-refractivity contribution is 0.0658. The van der Waals surface area contributed by atoms with Crippen LogP contribution in [-0.4, -0.2) is 64.3 Å². The SMILES string of the molecule is Cc1nnn([C@@H](c2ccccc2)C2CCN(C(=O)c3cc(-c4nc5cc(-c6c[nH]nc6C)ccc5o4)ccn3)CC2)n1. The Bertz CT molecular complexity index is 1870. The second-order valence-corrected chi connectivity index (χ2v) is 10.7. The molecule has 11 heteroatoms. The number of pyridine rings is 1. The number of nitrogens with one attached hydrogen (secondary N) is 1. The van der Waals surface area contributed by atoms with Crippen molar-refractivity contribution in [2.45, 2.75) is 32.7 Å². The molecule has 0 saturated carbocycles. The van der Waals surface area contributed by atoms with Crippen LogP contribution in [0.2, 0.25) is 0 Å². The Morgan fingerprint density at radius 3 is 2.60 bits per heavy atom. The minimum Gasteiger partial charge on any atom is -0.436 e. The van der Waals surface area contributed by atoms with Gasteiger partial charge in [-0.2, -0.15) is 9.90 Å². The number of hydrogen-bond acceptors (Lipinski definition) is 8. The smallest absolute Gasteiger partial charge is 0.272 e. The number of fused-ring (bicyclic) bond motifs is 1. The van der Waals surface area contributed by atoms with E-state index in [0.717, 1.165) is 40.7 Å². The van der Waals surface area contributed by atoms with Crippen LogP contribution >= 0.6 is 0 Å². The summed E-state index contributed by atoms with van der Waals surface area (Å²) in [5.41, 5.74) is 6.57. The number of aromatic nitrogens is 8. The van der Waals surface area contributed by atoms with Crippen LogP contribution in [0.4, 0.5) is 0 Å². The van der Waals surface area contributed by atoms with Gasteiger partial charge in [-0.3, -0.25) is 14.9 Å². The van der Waals surface area contributed by atoms with Crippen molar-refractivity contribution in [2.75, 3.05) is 13.1 Å². The maximum Gasteiger partial charge on any atom is 0.272 e. The van der Waals surface area contributed by atoms with Crippen LogP contribution in [0, 0.1) is 19.8 Å². The summed E-state index contributed by atoms with van der Waals surface area (Å²) in [5.74, 6) is 1.25.